The van der Waals surface area contributed by atoms with Gasteiger partial charge >= 0.3 is 24.7 Å². The fourth-order valence-electron chi connectivity index (χ4n) is 0.378. The Labute approximate surface area is 103 Å². The van der Waals surface area contributed by atoms with E-state index in [1.165, 1.54) is 0 Å². The molecule has 0 N–H and O–H groups in total. The molecule has 12 heteroatoms. The molecular formula is C8H4F12. The van der Waals surface area contributed by atoms with Crippen LogP contribution in [0, 0.1) is 0 Å². The Bertz CT molecular complexity index is 253. The summed E-state index contributed by atoms with van der Waals surface area (Å²) < 4.78 is 132. The van der Waals surface area contributed by atoms with Gasteiger partial charge in [0.25, 0.3) is 0 Å². The second kappa shape index (κ2) is 6.88. The molecule has 0 saturated carbocycles. The maximum absolute atomic E-state index is 11.0. The Hall–Kier alpha value is -1.36. The van der Waals surface area contributed by atoms with Gasteiger partial charge in [-0.3, -0.25) is 0 Å². The summed E-state index contributed by atoms with van der Waals surface area (Å²) in [6.45, 7) is 0. The molecule has 0 heterocycles. The lowest BCUT2D eigenvalue weighted by Gasteiger charge is -1.99. The standard InChI is InChI=1S/2C4H2F6/c2*5-3(6,7)1-2-4(8,9)10/h2*1-2H/b2*2-1+. The van der Waals surface area contributed by atoms with Gasteiger partial charge in [0.05, 0.1) is 0 Å². The van der Waals surface area contributed by atoms with E-state index in [9.17, 15) is 52.7 Å². The first-order valence-electron chi connectivity index (χ1n) is 4.09. The van der Waals surface area contributed by atoms with Gasteiger partial charge in [0, 0.05) is 24.3 Å². The predicted octanol–water partition coefficient (Wildman–Crippen LogP) is 5.33. The molecular weight excluding hydrogens is 324 g/mol. The smallest absolute Gasteiger partial charge is 0.167 e. The fourth-order valence-corrected chi connectivity index (χ4v) is 0.378. The minimum absolute atomic E-state index is 0.854. The van der Waals surface area contributed by atoms with Crippen molar-refractivity contribution in [2.24, 2.45) is 0 Å². The van der Waals surface area contributed by atoms with E-state index >= 15 is 0 Å². The van der Waals surface area contributed by atoms with Crippen LogP contribution in [-0.2, 0) is 0 Å². The second-order valence-electron chi connectivity index (χ2n) is 2.83. The molecule has 0 aromatic carbocycles. The molecule has 20 heavy (non-hydrogen) atoms. The van der Waals surface area contributed by atoms with E-state index in [4.69, 9.17) is 0 Å². The van der Waals surface area contributed by atoms with E-state index in [1.54, 1.807) is 0 Å². The van der Waals surface area contributed by atoms with Crippen LogP contribution in [0.4, 0.5) is 52.7 Å². The molecule has 0 nitrogen and oxygen atoms in total. The molecule has 0 aromatic heterocycles. The van der Waals surface area contributed by atoms with Crippen LogP contribution in [0.25, 0.3) is 0 Å². The van der Waals surface area contributed by atoms with Gasteiger partial charge in [-0.05, 0) is 0 Å². The molecule has 0 spiro atoms. The van der Waals surface area contributed by atoms with Gasteiger partial charge in [-0.2, -0.15) is 52.7 Å². The third-order valence-electron chi connectivity index (χ3n) is 0.923. The van der Waals surface area contributed by atoms with E-state index in [-0.39, 0.29) is 0 Å². The second-order valence-corrected chi connectivity index (χ2v) is 2.83. The molecule has 0 aliphatic rings. The molecule has 0 bridgehead atoms. The van der Waals surface area contributed by atoms with E-state index in [0.29, 0.717) is 0 Å². The zero-order valence-corrected chi connectivity index (χ0v) is 8.84. The quantitative estimate of drug-likeness (QED) is 0.416. The Balaban J connectivity index is 0. The number of halogens is 12. The summed E-state index contributed by atoms with van der Waals surface area (Å²) in [7, 11) is 0. The van der Waals surface area contributed by atoms with Crippen LogP contribution in [0.1, 0.15) is 0 Å². The third-order valence-corrected chi connectivity index (χ3v) is 0.923. The van der Waals surface area contributed by atoms with Crippen molar-refractivity contribution in [3.63, 3.8) is 0 Å². The molecule has 0 fully saturated rings. The van der Waals surface area contributed by atoms with Gasteiger partial charge in [0.2, 0.25) is 0 Å². The highest BCUT2D eigenvalue weighted by Crippen LogP contribution is 2.23. The molecule has 0 rings (SSSR count). The molecule has 0 radical (unpaired) electrons. The van der Waals surface area contributed by atoms with Gasteiger partial charge in [-0.25, -0.2) is 0 Å². The molecule has 0 unspecified atom stereocenters. The van der Waals surface area contributed by atoms with E-state index in [0.717, 1.165) is 0 Å². The summed E-state index contributed by atoms with van der Waals surface area (Å²) in [6, 6.07) is 0. The Morgan fingerprint density at radius 1 is 0.300 bits per heavy atom. The van der Waals surface area contributed by atoms with Crippen LogP contribution >= 0.6 is 0 Å². The average molecular weight is 328 g/mol. The summed E-state index contributed by atoms with van der Waals surface area (Å²) in [5, 5.41) is 0. The predicted molar refractivity (Wildman–Crippen MR) is 42.5 cm³/mol. The van der Waals surface area contributed by atoms with Crippen molar-refractivity contribution >= 4 is 0 Å². The highest BCUT2D eigenvalue weighted by molar-refractivity contribution is 4.94. The van der Waals surface area contributed by atoms with Crippen LogP contribution in [0.5, 0.6) is 0 Å². The molecule has 0 amide bonds. The monoisotopic (exact) mass is 328 g/mol. The lowest BCUT2D eigenvalue weighted by molar-refractivity contribution is -0.0981. The van der Waals surface area contributed by atoms with Gasteiger partial charge in [-0.15, -0.1) is 0 Å². The van der Waals surface area contributed by atoms with Crippen LogP contribution in [0.3, 0.4) is 0 Å². The maximum atomic E-state index is 11.0. The van der Waals surface area contributed by atoms with E-state index in [1.807, 2.05) is 0 Å². The van der Waals surface area contributed by atoms with Crippen molar-refractivity contribution in [3.8, 4) is 0 Å². The maximum Gasteiger partial charge on any atom is 0.409 e. The van der Waals surface area contributed by atoms with Crippen molar-refractivity contribution in [1.29, 1.82) is 0 Å². The average Bonchev–Trinajstić information content (AvgIpc) is 2.09. The summed E-state index contributed by atoms with van der Waals surface area (Å²) in [4.78, 5) is 0. The number of hydrogen-bond acceptors (Lipinski definition) is 0. The Kier molecular flexibility index (Phi) is 7.21. The van der Waals surface area contributed by atoms with Gasteiger partial charge < -0.3 is 0 Å². The number of rotatable bonds is 0. The molecule has 0 aliphatic carbocycles. The minimum atomic E-state index is -4.89. The van der Waals surface area contributed by atoms with Crippen molar-refractivity contribution in [2.45, 2.75) is 24.7 Å². The normalized spacial score (nSPS) is 14.6. The first-order chi connectivity index (χ1) is 8.41. The molecule has 0 aromatic rings. The summed E-state index contributed by atoms with van der Waals surface area (Å²) in [6.07, 6.45) is -23.0. The summed E-state index contributed by atoms with van der Waals surface area (Å²) in [5.41, 5.74) is 0. The summed E-state index contributed by atoms with van der Waals surface area (Å²) >= 11 is 0. The van der Waals surface area contributed by atoms with Gasteiger partial charge in [0.15, 0.2) is 0 Å². The molecule has 0 aliphatic heterocycles. The van der Waals surface area contributed by atoms with Gasteiger partial charge in [0.1, 0.15) is 0 Å². The van der Waals surface area contributed by atoms with Crippen molar-refractivity contribution < 1.29 is 52.7 Å². The van der Waals surface area contributed by atoms with Crippen LogP contribution in [0.2, 0.25) is 0 Å². The molecule has 120 valence electrons. The largest absolute Gasteiger partial charge is 0.409 e. The zero-order chi connectivity index (χ0) is 16.8. The van der Waals surface area contributed by atoms with Crippen LogP contribution in [0.15, 0.2) is 24.3 Å². The Morgan fingerprint density at radius 3 is 0.450 bits per heavy atom. The van der Waals surface area contributed by atoms with E-state index in [2.05, 4.69) is 0 Å². The lowest BCUT2D eigenvalue weighted by Crippen LogP contribution is -2.07. The number of allylic oxidation sites excluding steroid dienone is 4. The zero-order valence-electron chi connectivity index (χ0n) is 8.84. The molecule has 0 saturated heterocycles. The van der Waals surface area contributed by atoms with Crippen molar-refractivity contribution in [1.82, 2.24) is 0 Å². The van der Waals surface area contributed by atoms with E-state index < -0.39 is 49.0 Å². The first-order valence-corrected chi connectivity index (χ1v) is 4.09. The summed E-state index contributed by atoms with van der Waals surface area (Å²) in [5.74, 6) is 0. The Morgan fingerprint density at radius 2 is 0.400 bits per heavy atom. The highest BCUT2D eigenvalue weighted by atomic mass is 19.4. The minimum Gasteiger partial charge on any atom is -0.167 e. The fraction of sp³-hybridized carbons (Fsp3) is 0.500. The number of hydrogen-bond donors (Lipinski definition) is 0. The van der Waals surface area contributed by atoms with Crippen LogP contribution in [-0.4, -0.2) is 24.7 Å². The number of alkyl halides is 12. The first kappa shape index (κ1) is 20.9. The lowest BCUT2D eigenvalue weighted by atomic mass is 10.5. The topological polar surface area (TPSA) is 0 Å². The molecule has 0 atom stereocenters. The SMILES string of the molecule is FC(F)(F)/C=C/C(F)(F)F.FC(F)(F)/C=C/C(F)(F)F. The van der Waals surface area contributed by atoms with Crippen molar-refractivity contribution in [2.75, 3.05) is 0 Å². The van der Waals surface area contributed by atoms with Crippen LogP contribution < -0.4 is 0 Å². The highest BCUT2D eigenvalue weighted by Gasteiger charge is 2.29. The van der Waals surface area contributed by atoms with Crippen molar-refractivity contribution in [3.05, 3.63) is 24.3 Å². The van der Waals surface area contributed by atoms with Gasteiger partial charge in [-0.1, -0.05) is 0 Å². The third kappa shape index (κ3) is 25.5.